The molecule has 1 aromatic carbocycles. The van der Waals surface area contributed by atoms with E-state index in [1.165, 1.54) is 0 Å². The molecular formula is C15H20N2O. The van der Waals surface area contributed by atoms with E-state index < -0.39 is 6.10 Å². The SMILES string of the molecule is CN(C)C(C)(C)C(O)c1ccc2ncccc2c1. The van der Waals surface area contributed by atoms with Gasteiger partial charge in [0, 0.05) is 17.1 Å². The van der Waals surface area contributed by atoms with Gasteiger partial charge >= 0.3 is 0 Å². The molecule has 0 aliphatic rings. The summed E-state index contributed by atoms with van der Waals surface area (Å²) in [4.78, 5) is 6.32. The second kappa shape index (κ2) is 4.67. The Bertz CT molecular complexity index is 549. The quantitative estimate of drug-likeness (QED) is 0.901. The van der Waals surface area contributed by atoms with Crippen molar-refractivity contribution in [1.29, 1.82) is 0 Å². The minimum atomic E-state index is -0.530. The molecule has 3 nitrogen and oxygen atoms in total. The van der Waals surface area contributed by atoms with Gasteiger partial charge in [0.05, 0.1) is 11.6 Å². The highest BCUT2D eigenvalue weighted by Crippen LogP contribution is 2.30. The lowest BCUT2D eigenvalue weighted by atomic mass is 9.89. The molecule has 96 valence electrons. The number of rotatable bonds is 3. The summed E-state index contributed by atoms with van der Waals surface area (Å²) in [5.74, 6) is 0. The van der Waals surface area contributed by atoms with Crippen LogP contribution in [0.25, 0.3) is 10.9 Å². The molecule has 18 heavy (non-hydrogen) atoms. The molecule has 1 unspecified atom stereocenters. The fourth-order valence-electron chi connectivity index (χ4n) is 1.92. The van der Waals surface area contributed by atoms with Gasteiger partial charge in [-0.25, -0.2) is 0 Å². The van der Waals surface area contributed by atoms with Gasteiger partial charge in [-0.05, 0) is 51.7 Å². The summed E-state index contributed by atoms with van der Waals surface area (Å²) < 4.78 is 0. The van der Waals surface area contributed by atoms with Crippen molar-refractivity contribution in [2.24, 2.45) is 0 Å². The summed E-state index contributed by atoms with van der Waals surface area (Å²) >= 11 is 0. The molecule has 0 saturated heterocycles. The summed E-state index contributed by atoms with van der Waals surface area (Å²) in [7, 11) is 3.96. The lowest BCUT2D eigenvalue weighted by Crippen LogP contribution is -2.43. The van der Waals surface area contributed by atoms with Crippen molar-refractivity contribution >= 4 is 10.9 Å². The van der Waals surface area contributed by atoms with Crippen LogP contribution in [0.5, 0.6) is 0 Å². The molecule has 0 amide bonds. The second-order valence-electron chi connectivity index (χ2n) is 5.41. The number of likely N-dealkylation sites (N-methyl/N-ethyl adjacent to an activating group) is 1. The van der Waals surface area contributed by atoms with Crippen LogP contribution >= 0.6 is 0 Å². The molecule has 2 aromatic rings. The maximum absolute atomic E-state index is 10.5. The van der Waals surface area contributed by atoms with E-state index in [2.05, 4.69) is 4.98 Å². The van der Waals surface area contributed by atoms with E-state index in [9.17, 15) is 5.11 Å². The van der Waals surface area contributed by atoms with Gasteiger partial charge in [0.15, 0.2) is 0 Å². The molecule has 0 fully saturated rings. The third-order valence-corrected chi connectivity index (χ3v) is 3.76. The normalized spacial score (nSPS) is 14.1. The molecule has 1 atom stereocenters. The number of aromatic nitrogens is 1. The van der Waals surface area contributed by atoms with E-state index in [0.717, 1.165) is 16.5 Å². The number of fused-ring (bicyclic) bond motifs is 1. The first-order valence-corrected chi connectivity index (χ1v) is 6.13. The molecule has 0 bridgehead atoms. The summed E-state index contributed by atoms with van der Waals surface area (Å²) in [6.07, 6.45) is 1.25. The average molecular weight is 244 g/mol. The number of aliphatic hydroxyl groups excluding tert-OH is 1. The Morgan fingerprint density at radius 2 is 1.94 bits per heavy atom. The number of hydrogen-bond acceptors (Lipinski definition) is 3. The van der Waals surface area contributed by atoms with Crippen molar-refractivity contribution in [3.8, 4) is 0 Å². The van der Waals surface area contributed by atoms with Crippen LogP contribution in [-0.4, -0.2) is 34.6 Å². The molecule has 3 heteroatoms. The van der Waals surface area contributed by atoms with Crippen LogP contribution in [-0.2, 0) is 0 Å². The Hall–Kier alpha value is -1.45. The zero-order valence-electron chi connectivity index (χ0n) is 11.4. The lowest BCUT2D eigenvalue weighted by molar-refractivity contribution is 0.0165. The Morgan fingerprint density at radius 1 is 1.22 bits per heavy atom. The smallest absolute Gasteiger partial charge is 0.0968 e. The van der Waals surface area contributed by atoms with Gasteiger partial charge in [-0.2, -0.15) is 0 Å². The minimum Gasteiger partial charge on any atom is -0.386 e. The maximum Gasteiger partial charge on any atom is 0.0968 e. The molecular weight excluding hydrogens is 224 g/mol. The van der Waals surface area contributed by atoms with Crippen molar-refractivity contribution in [1.82, 2.24) is 9.88 Å². The summed E-state index contributed by atoms with van der Waals surface area (Å²) in [6.45, 7) is 4.07. The van der Waals surface area contributed by atoms with E-state index in [1.807, 2.05) is 63.2 Å². The predicted molar refractivity (Wildman–Crippen MR) is 74.5 cm³/mol. The Morgan fingerprint density at radius 3 is 2.61 bits per heavy atom. The van der Waals surface area contributed by atoms with Gasteiger partial charge < -0.3 is 10.0 Å². The topological polar surface area (TPSA) is 36.4 Å². The Balaban J connectivity index is 2.42. The number of nitrogens with zero attached hydrogens (tertiary/aromatic N) is 2. The molecule has 1 N–H and O–H groups in total. The fraction of sp³-hybridized carbons (Fsp3) is 0.400. The van der Waals surface area contributed by atoms with E-state index in [-0.39, 0.29) is 5.54 Å². The van der Waals surface area contributed by atoms with Crippen molar-refractivity contribution in [2.75, 3.05) is 14.1 Å². The zero-order chi connectivity index (χ0) is 13.3. The van der Waals surface area contributed by atoms with Gasteiger partial charge in [0.25, 0.3) is 0 Å². The van der Waals surface area contributed by atoms with Crippen molar-refractivity contribution in [3.63, 3.8) is 0 Å². The standard InChI is InChI=1S/C15H20N2O/c1-15(2,17(3)4)14(18)12-7-8-13-11(10-12)6-5-9-16-13/h5-10,14,18H,1-4H3. The molecule has 0 aliphatic carbocycles. The lowest BCUT2D eigenvalue weighted by Gasteiger charge is -2.37. The van der Waals surface area contributed by atoms with Crippen LogP contribution in [0.1, 0.15) is 25.5 Å². The number of pyridine rings is 1. The molecule has 0 saturated carbocycles. The van der Waals surface area contributed by atoms with Crippen LogP contribution in [0.15, 0.2) is 36.5 Å². The summed E-state index contributed by atoms with van der Waals surface area (Å²) in [6, 6.07) is 9.85. The Kier molecular flexibility index (Phi) is 3.37. The van der Waals surface area contributed by atoms with Crippen LogP contribution in [0.2, 0.25) is 0 Å². The van der Waals surface area contributed by atoms with Crippen LogP contribution < -0.4 is 0 Å². The van der Waals surface area contributed by atoms with Gasteiger partial charge in [-0.1, -0.05) is 12.1 Å². The van der Waals surface area contributed by atoms with Gasteiger partial charge in [-0.15, -0.1) is 0 Å². The zero-order valence-corrected chi connectivity index (χ0v) is 11.4. The molecule has 0 aliphatic heterocycles. The molecule has 0 radical (unpaired) electrons. The second-order valence-corrected chi connectivity index (χ2v) is 5.41. The Labute approximate surface area is 108 Å². The average Bonchev–Trinajstić information content (AvgIpc) is 2.37. The van der Waals surface area contributed by atoms with E-state index >= 15 is 0 Å². The van der Waals surface area contributed by atoms with Crippen molar-refractivity contribution < 1.29 is 5.11 Å². The fourth-order valence-corrected chi connectivity index (χ4v) is 1.92. The van der Waals surface area contributed by atoms with E-state index in [1.54, 1.807) is 6.20 Å². The molecule has 2 rings (SSSR count). The summed E-state index contributed by atoms with van der Waals surface area (Å²) in [5.41, 5.74) is 1.57. The number of hydrogen-bond donors (Lipinski definition) is 1. The summed E-state index contributed by atoms with van der Waals surface area (Å²) in [5, 5.41) is 11.6. The first-order valence-electron chi connectivity index (χ1n) is 6.13. The number of benzene rings is 1. The van der Waals surface area contributed by atoms with Gasteiger partial charge in [-0.3, -0.25) is 4.98 Å². The third-order valence-electron chi connectivity index (χ3n) is 3.76. The van der Waals surface area contributed by atoms with Crippen LogP contribution in [0.3, 0.4) is 0 Å². The largest absolute Gasteiger partial charge is 0.386 e. The number of aliphatic hydroxyl groups is 1. The van der Waals surface area contributed by atoms with Crippen molar-refractivity contribution in [3.05, 3.63) is 42.1 Å². The predicted octanol–water partition coefficient (Wildman–Crippen LogP) is 2.61. The molecule has 0 spiro atoms. The van der Waals surface area contributed by atoms with Crippen LogP contribution in [0.4, 0.5) is 0 Å². The van der Waals surface area contributed by atoms with Crippen molar-refractivity contribution in [2.45, 2.75) is 25.5 Å². The molecule has 1 aromatic heterocycles. The minimum absolute atomic E-state index is 0.310. The van der Waals surface area contributed by atoms with E-state index in [0.29, 0.717) is 0 Å². The maximum atomic E-state index is 10.5. The molecule has 1 heterocycles. The highest BCUT2D eigenvalue weighted by molar-refractivity contribution is 5.79. The van der Waals surface area contributed by atoms with Gasteiger partial charge in [0.2, 0.25) is 0 Å². The first-order chi connectivity index (χ1) is 8.43. The third kappa shape index (κ3) is 2.24. The first kappa shape index (κ1) is 13.0. The highest BCUT2D eigenvalue weighted by atomic mass is 16.3. The van der Waals surface area contributed by atoms with E-state index in [4.69, 9.17) is 0 Å². The monoisotopic (exact) mass is 244 g/mol. The van der Waals surface area contributed by atoms with Crippen LogP contribution in [0, 0.1) is 0 Å². The van der Waals surface area contributed by atoms with Gasteiger partial charge in [0.1, 0.15) is 0 Å². The highest BCUT2D eigenvalue weighted by Gasteiger charge is 2.31.